The summed E-state index contributed by atoms with van der Waals surface area (Å²) in [6, 6.07) is 16.3. The van der Waals surface area contributed by atoms with Crippen molar-refractivity contribution in [3.63, 3.8) is 0 Å². The van der Waals surface area contributed by atoms with Crippen molar-refractivity contribution in [1.82, 2.24) is 24.9 Å². The van der Waals surface area contributed by atoms with Crippen molar-refractivity contribution in [3.05, 3.63) is 88.7 Å². The van der Waals surface area contributed by atoms with Gasteiger partial charge >= 0.3 is 0 Å². The number of ether oxygens (including phenoxy) is 1. The average molecular weight is 608 g/mol. The number of nitrogens with one attached hydrogen (secondary N) is 2. The van der Waals surface area contributed by atoms with Crippen LogP contribution in [0, 0.1) is 0 Å². The topological polar surface area (TPSA) is 108 Å². The molecule has 2 aromatic carbocycles. The van der Waals surface area contributed by atoms with E-state index in [4.69, 9.17) is 21.3 Å². The summed E-state index contributed by atoms with van der Waals surface area (Å²) < 4.78 is 7.58. The highest BCUT2D eigenvalue weighted by molar-refractivity contribution is 6.32. The normalized spacial score (nSPS) is 12.6. The number of carbonyl (C=O) groups excluding carboxylic acids is 2. The number of nitrogens with zero attached hydrogens (tertiary/aromatic N) is 3. The number of pyridine rings is 1. The Bertz CT molecular complexity index is 1530. The number of hydrogen-bond acceptors (Lipinski definition) is 6. The summed E-state index contributed by atoms with van der Waals surface area (Å²) >= 11 is 6.36. The average Bonchev–Trinajstić information content (AvgIpc) is 3.37. The Balaban J connectivity index is 0.00000506. The standard InChI is InChI=1S/C32H38ClN5O4.CH4/c1-20(2)42-29-13-12-24(16-27(29)33)32(41)35-25(17-34-30(40)19-37(4)5)15-22-8-10-23(11-9-22)28-18-38-14-6-7-26(21(3)39)31(38)36-28;/h6-14,16,18,20-21,25,39H,15,17,19H2,1-5H3,(H,34,40)(H,35,41);1H4/t21?,25-;/m0./s1. The minimum Gasteiger partial charge on any atom is -0.489 e. The van der Waals surface area contributed by atoms with Crippen molar-refractivity contribution in [2.75, 3.05) is 27.2 Å². The Hall–Kier alpha value is -3.92. The third-order valence-corrected chi connectivity index (χ3v) is 6.89. The lowest BCUT2D eigenvalue weighted by Gasteiger charge is -2.21. The van der Waals surface area contributed by atoms with Crippen molar-refractivity contribution in [2.24, 2.45) is 0 Å². The summed E-state index contributed by atoms with van der Waals surface area (Å²) in [5.41, 5.74) is 4.58. The molecule has 0 bridgehead atoms. The molecule has 0 aliphatic heterocycles. The van der Waals surface area contributed by atoms with E-state index >= 15 is 0 Å². The van der Waals surface area contributed by atoms with Gasteiger partial charge in [0, 0.05) is 35.6 Å². The molecule has 2 atom stereocenters. The number of amides is 2. The molecule has 2 amide bonds. The summed E-state index contributed by atoms with van der Waals surface area (Å²) in [4.78, 5) is 32.1. The van der Waals surface area contributed by atoms with E-state index in [1.165, 1.54) is 0 Å². The van der Waals surface area contributed by atoms with Gasteiger partial charge in [0.25, 0.3) is 5.91 Å². The first-order valence-corrected chi connectivity index (χ1v) is 14.3. The number of likely N-dealkylation sites (N-methyl/N-ethyl adjacent to an activating group) is 1. The van der Waals surface area contributed by atoms with Crippen LogP contribution in [0.15, 0.2) is 67.0 Å². The molecule has 4 aromatic rings. The van der Waals surface area contributed by atoms with Gasteiger partial charge in [-0.2, -0.15) is 0 Å². The van der Waals surface area contributed by atoms with Gasteiger partial charge in [-0.05, 0) is 71.1 Å². The van der Waals surface area contributed by atoms with E-state index in [1.807, 2.05) is 81.1 Å². The monoisotopic (exact) mass is 607 g/mol. The number of halogens is 1. The van der Waals surface area contributed by atoms with Crippen LogP contribution in [0.3, 0.4) is 0 Å². The van der Waals surface area contributed by atoms with Crippen LogP contribution in [0.25, 0.3) is 16.9 Å². The smallest absolute Gasteiger partial charge is 0.251 e. The molecule has 0 aliphatic carbocycles. The largest absolute Gasteiger partial charge is 0.489 e. The molecule has 4 rings (SSSR count). The number of imidazole rings is 1. The number of rotatable bonds is 12. The molecule has 3 N–H and O–H groups in total. The number of aliphatic hydroxyl groups is 1. The Morgan fingerprint density at radius 3 is 2.44 bits per heavy atom. The highest BCUT2D eigenvalue weighted by atomic mass is 35.5. The highest BCUT2D eigenvalue weighted by Crippen LogP contribution is 2.27. The van der Waals surface area contributed by atoms with Crippen LogP contribution in [-0.2, 0) is 11.2 Å². The third-order valence-electron chi connectivity index (χ3n) is 6.59. The molecule has 0 saturated carbocycles. The van der Waals surface area contributed by atoms with Gasteiger partial charge in [-0.1, -0.05) is 49.4 Å². The van der Waals surface area contributed by atoms with Crippen LogP contribution in [0.2, 0.25) is 5.02 Å². The molecule has 0 radical (unpaired) electrons. The molecule has 0 fully saturated rings. The molecular weight excluding hydrogens is 566 g/mol. The fourth-order valence-corrected chi connectivity index (χ4v) is 4.84. The van der Waals surface area contributed by atoms with Gasteiger partial charge in [0.05, 0.1) is 35.5 Å². The van der Waals surface area contributed by atoms with Gasteiger partial charge < -0.3 is 29.8 Å². The zero-order chi connectivity index (χ0) is 30.4. The van der Waals surface area contributed by atoms with Crippen LogP contribution in [-0.4, -0.2) is 70.5 Å². The van der Waals surface area contributed by atoms with Gasteiger partial charge in [-0.15, -0.1) is 0 Å². The van der Waals surface area contributed by atoms with E-state index in [-0.39, 0.29) is 44.5 Å². The molecular formula is C33H42ClN5O4. The third kappa shape index (κ3) is 9.03. The molecule has 1 unspecified atom stereocenters. The zero-order valence-electron chi connectivity index (χ0n) is 24.6. The Kier molecular flexibility index (Phi) is 11.7. The van der Waals surface area contributed by atoms with Crippen LogP contribution in [0.1, 0.15) is 55.8 Å². The molecule has 2 aromatic heterocycles. The SMILES string of the molecule is C.CC(C)Oc1ccc(C(=O)N[C@H](CNC(=O)CN(C)C)Cc2ccc(-c3cn4cccc(C(C)O)c4n3)cc2)cc1Cl. The maximum Gasteiger partial charge on any atom is 0.251 e. The quantitative estimate of drug-likeness (QED) is 0.206. The molecule has 10 heteroatoms. The number of carbonyl (C=O) groups is 2. The summed E-state index contributed by atoms with van der Waals surface area (Å²) in [5, 5.41) is 16.4. The first-order chi connectivity index (χ1) is 20.0. The van der Waals surface area contributed by atoms with Crippen molar-refractivity contribution in [2.45, 2.75) is 52.9 Å². The van der Waals surface area contributed by atoms with E-state index < -0.39 is 6.10 Å². The van der Waals surface area contributed by atoms with E-state index in [2.05, 4.69) is 10.6 Å². The summed E-state index contributed by atoms with van der Waals surface area (Å²) in [6.07, 6.45) is 3.66. The number of aromatic nitrogens is 2. The van der Waals surface area contributed by atoms with Crippen LogP contribution in [0.5, 0.6) is 5.75 Å². The lowest BCUT2D eigenvalue weighted by Crippen LogP contribution is -2.46. The Labute approximate surface area is 258 Å². The van der Waals surface area contributed by atoms with Gasteiger partial charge in [-0.3, -0.25) is 9.59 Å². The van der Waals surface area contributed by atoms with Crippen molar-refractivity contribution >= 4 is 29.1 Å². The van der Waals surface area contributed by atoms with E-state index in [0.717, 1.165) is 22.4 Å². The van der Waals surface area contributed by atoms with Gasteiger partial charge in [-0.25, -0.2) is 4.98 Å². The number of aliphatic hydroxyl groups excluding tert-OH is 1. The Morgan fingerprint density at radius 1 is 1.09 bits per heavy atom. The minimum absolute atomic E-state index is 0. The summed E-state index contributed by atoms with van der Waals surface area (Å²) in [6.45, 7) is 6.05. The van der Waals surface area contributed by atoms with E-state index in [9.17, 15) is 14.7 Å². The fourth-order valence-electron chi connectivity index (χ4n) is 4.61. The predicted octanol–water partition coefficient (Wildman–Crippen LogP) is 5.15. The van der Waals surface area contributed by atoms with Crippen LogP contribution in [0.4, 0.5) is 0 Å². The highest BCUT2D eigenvalue weighted by Gasteiger charge is 2.18. The predicted molar refractivity (Wildman–Crippen MR) is 172 cm³/mol. The van der Waals surface area contributed by atoms with Gasteiger partial charge in [0.15, 0.2) is 0 Å². The molecule has 2 heterocycles. The van der Waals surface area contributed by atoms with Crippen molar-refractivity contribution < 1.29 is 19.4 Å². The first-order valence-electron chi connectivity index (χ1n) is 13.9. The van der Waals surface area contributed by atoms with E-state index in [1.54, 1.807) is 30.0 Å². The molecule has 0 aliphatic rings. The van der Waals surface area contributed by atoms with Crippen LogP contribution < -0.4 is 15.4 Å². The lowest BCUT2D eigenvalue weighted by molar-refractivity contribution is -0.121. The number of hydrogen-bond donors (Lipinski definition) is 3. The summed E-state index contributed by atoms with van der Waals surface area (Å²) in [7, 11) is 3.65. The van der Waals surface area contributed by atoms with Gasteiger partial charge in [0.2, 0.25) is 5.91 Å². The minimum atomic E-state index is -0.626. The molecule has 230 valence electrons. The number of fused-ring (bicyclic) bond motifs is 1. The molecule has 43 heavy (non-hydrogen) atoms. The first kappa shape index (κ1) is 33.6. The second kappa shape index (κ2) is 15.0. The maximum absolute atomic E-state index is 13.2. The maximum atomic E-state index is 13.2. The fraction of sp³-hybridized carbons (Fsp3) is 0.364. The molecule has 0 spiro atoms. The lowest BCUT2D eigenvalue weighted by atomic mass is 10.0. The zero-order valence-corrected chi connectivity index (χ0v) is 25.4. The van der Waals surface area contributed by atoms with E-state index in [0.29, 0.717) is 28.4 Å². The van der Waals surface area contributed by atoms with Crippen molar-refractivity contribution in [3.8, 4) is 17.0 Å². The second-order valence-electron chi connectivity index (χ2n) is 10.9. The number of benzene rings is 2. The molecule has 9 nitrogen and oxygen atoms in total. The second-order valence-corrected chi connectivity index (χ2v) is 11.3. The van der Waals surface area contributed by atoms with Crippen molar-refractivity contribution in [1.29, 1.82) is 0 Å². The summed E-state index contributed by atoms with van der Waals surface area (Å²) in [5.74, 6) is 0.0924. The Morgan fingerprint density at radius 2 is 1.81 bits per heavy atom. The van der Waals surface area contributed by atoms with Crippen LogP contribution >= 0.6 is 11.6 Å². The van der Waals surface area contributed by atoms with Gasteiger partial charge in [0.1, 0.15) is 11.4 Å². The molecule has 0 saturated heterocycles.